The number of aliphatic hydroxyl groups excluding tert-OH is 1. The standard InChI is InChI=1S/C14H17BrN2O3/c1-2-19-13-9-11(10-18)8-12(15)14(13)20-7-6-17-5-3-4-16-17/h3-5,8-9,18H,2,6-7,10H2,1H3. The average Bonchev–Trinajstić information content (AvgIpc) is 2.95. The highest BCUT2D eigenvalue weighted by molar-refractivity contribution is 9.10. The number of ether oxygens (including phenoxy) is 2. The minimum absolute atomic E-state index is 0.0355. The SMILES string of the molecule is CCOc1cc(CO)cc(Br)c1OCCn1cccn1. The molecule has 0 spiro atoms. The largest absolute Gasteiger partial charge is 0.490 e. The predicted molar refractivity (Wildman–Crippen MR) is 79.0 cm³/mol. The second kappa shape index (κ2) is 7.31. The third-order valence-corrected chi connectivity index (χ3v) is 3.27. The highest BCUT2D eigenvalue weighted by atomic mass is 79.9. The Labute approximate surface area is 126 Å². The predicted octanol–water partition coefficient (Wildman–Crippen LogP) is 2.62. The van der Waals surface area contributed by atoms with E-state index in [9.17, 15) is 5.11 Å². The summed E-state index contributed by atoms with van der Waals surface area (Å²) in [7, 11) is 0. The summed E-state index contributed by atoms with van der Waals surface area (Å²) in [4.78, 5) is 0. The van der Waals surface area contributed by atoms with Gasteiger partial charge in [0.25, 0.3) is 0 Å². The van der Waals surface area contributed by atoms with Gasteiger partial charge in [0.05, 0.1) is 24.2 Å². The second-order valence-corrected chi connectivity index (χ2v) is 4.97. The van der Waals surface area contributed by atoms with E-state index in [1.54, 1.807) is 16.9 Å². The smallest absolute Gasteiger partial charge is 0.175 e. The number of hydrogen-bond acceptors (Lipinski definition) is 4. The molecule has 108 valence electrons. The Morgan fingerprint density at radius 3 is 2.85 bits per heavy atom. The van der Waals surface area contributed by atoms with Crippen LogP contribution in [0.25, 0.3) is 0 Å². The molecule has 1 N–H and O–H groups in total. The van der Waals surface area contributed by atoms with Gasteiger partial charge >= 0.3 is 0 Å². The molecule has 1 aromatic carbocycles. The van der Waals surface area contributed by atoms with Crippen molar-refractivity contribution in [3.05, 3.63) is 40.6 Å². The van der Waals surface area contributed by atoms with Crippen LogP contribution in [0.2, 0.25) is 0 Å². The first-order chi connectivity index (χ1) is 9.74. The van der Waals surface area contributed by atoms with Crippen molar-refractivity contribution in [3.63, 3.8) is 0 Å². The zero-order valence-electron chi connectivity index (χ0n) is 11.3. The van der Waals surface area contributed by atoms with Crippen LogP contribution in [-0.4, -0.2) is 28.1 Å². The number of benzene rings is 1. The lowest BCUT2D eigenvalue weighted by molar-refractivity contribution is 0.257. The molecular formula is C14H17BrN2O3. The Balaban J connectivity index is 2.08. The molecule has 0 saturated heterocycles. The van der Waals surface area contributed by atoms with Crippen molar-refractivity contribution < 1.29 is 14.6 Å². The van der Waals surface area contributed by atoms with Gasteiger partial charge in [-0.1, -0.05) is 0 Å². The van der Waals surface area contributed by atoms with E-state index in [0.29, 0.717) is 31.3 Å². The Hall–Kier alpha value is -1.53. The first-order valence-corrected chi connectivity index (χ1v) is 7.20. The summed E-state index contributed by atoms with van der Waals surface area (Å²) in [5.74, 6) is 1.28. The number of halogens is 1. The zero-order chi connectivity index (χ0) is 14.4. The van der Waals surface area contributed by atoms with E-state index in [-0.39, 0.29) is 6.61 Å². The van der Waals surface area contributed by atoms with E-state index in [0.717, 1.165) is 10.0 Å². The molecule has 0 aliphatic carbocycles. The summed E-state index contributed by atoms with van der Waals surface area (Å²) in [6.07, 6.45) is 3.62. The molecule has 0 aliphatic rings. The van der Waals surface area contributed by atoms with Crippen LogP contribution in [-0.2, 0) is 13.2 Å². The highest BCUT2D eigenvalue weighted by Crippen LogP contribution is 2.37. The summed E-state index contributed by atoms with van der Waals surface area (Å²) in [5, 5.41) is 13.3. The van der Waals surface area contributed by atoms with E-state index in [4.69, 9.17) is 9.47 Å². The third kappa shape index (κ3) is 3.74. The molecule has 0 fully saturated rings. The van der Waals surface area contributed by atoms with Crippen molar-refractivity contribution in [3.8, 4) is 11.5 Å². The first-order valence-electron chi connectivity index (χ1n) is 6.41. The lowest BCUT2D eigenvalue weighted by atomic mass is 10.2. The molecule has 0 bridgehead atoms. The molecule has 2 rings (SSSR count). The first kappa shape index (κ1) is 14.9. The fourth-order valence-electron chi connectivity index (χ4n) is 1.79. The average molecular weight is 341 g/mol. The van der Waals surface area contributed by atoms with Gasteiger partial charge in [0.15, 0.2) is 11.5 Å². The van der Waals surface area contributed by atoms with Gasteiger partial charge in [-0.25, -0.2) is 0 Å². The summed E-state index contributed by atoms with van der Waals surface area (Å²) in [6, 6.07) is 5.49. The molecular weight excluding hydrogens is 324 g/mol. The molecule has 0 unspecified atom stereocenters. The molecule has 0 aliphatic heterocycles. The third-order valence-electron chi connectivity index (χ3n) is 2.68. The van der Waals surface area contributed by atoms with Crippen LogP contribution in [0.5, 0.6) is 11.5 Å². The maximum atomic E-state index is 9.22. The molecule has 0 amide bonds. The molecule has 1 heterocycles. The number of aliphatic hydroxyl groups is 1. The van der Waals surface area contributed by atoms with Gasteiger partial charge in [-0.3, -0.25) is 4.68 Å². The lowest BCUT2D eigenvalue weighted by Gasteiger charge is -2.15. The van der Waals surface area contributed by atoms with Gasteiger partial charge in [0.2, 0.25) is 0 Å². The van der Waals surface area contributed by atoms with Gasteiger partial charge in [-0.05, 0) is 46.6 Å². The zero-order valence-corrected chi connectivity index (χ0v) is 12.8. The van der Waals surface area contributed by atoms with Crippen molar-refractivity contribution >= 4 is 15.9 Å². The Morgan fingerprint density at radius 2 is 2.20 bits per heavy atom. The molecule has 5 nitrogen and oxygen atoms in total. The highest BCUT2D eigenvalue weighted by Gasteiger charge is 2.12. The minimum Gasteiger partial charge on any atom is -0.490 e. The van der Waals surface area contributed by atoms with Crippen LogP contribution in [0.1, 0.15) is 12.5 Å². The van der Waals surface area contributed by atoms with Crippen molar-refractivity contribution in [1.82, 2.24) is 9.78 Å². The number of nitrogens with zero attached hydrogens (tertiary/aromatic N) is 2. The van der Waals surface area contributed by atoms with E-state index < -0.39 is 0 Å². The molecule has 0 atom stereocenters. The van der Waals surface area contributed by atoms with Crippen LogP contribution in [0.15, 0.2) is 35.1 Å². The van der Waals surface area contributed by atoms with Crippen molar-refractivity contribution in [1.29, 1.82) is 0 Å². The van der Waals surface area contributed by atoms with Crippen molar-refractivity contribution in [2.24, 2.45) is 0 Å². The number of aromatic nitrogens is 2. The number of hydrogen-bond donors (Lipinski definition) is 1. The number of rotatable bonds is 7. The van der Waals surface area contributed by atoms with E-state index >= 15 is 0 Å². The normalized spacial score (nSPS) is 10.6. The fourth-order valence-corrected chi connectivity index (χ4v) is 2.39. The van der Waals surface area contributed by atoms with Crippen LogP contribution < -0.4 is 9.47 Å². The Morgan fingerprint density at radius 1 is 1.35 bits per heavy atom. The summed E-state index contributed by atoms with van der Waals surface area (Å²) in [6.45, 7) is 3.56. The topological polar surface area (TPSA) is 56.5 Å². The van der Waals surface area contributed by atoms with Gasteiger partial charge in [-0.15, -0.1) is 0 Å². The van der Waals surface area contributed by atoms with E-state index in [1.165, 1.54) is 0 Å². The second-order valence-electron chi connectivity index (χ2n) is 4.11. The van der Waals surface area contributed by atoms with Gasteiger partial charge in [-0.2, -0.15) is 5.10 Å². The van der Waals surface area contributed by atoms with Gasteiger partial charge < -0.3 is 14.6 Å². The van der Waals surface area contributed by atoms with Crippen LogP contribution in [0.3, 0.4) is 0 Å². The molecule has 0 saturated carbocycles. The summed E-state index contributed by atoms with van der Waals surface area (Å²) >= 11 is 3.45. The summed E-state index contributed by atoms with van der Waals surface area (Å²) in [5.41, 5.74) is 0.778. The molecule has 6 heteroatoms. The Kier molecular flexibility index (Phi) is 5.43. The van der Waals surface area contributed by atoms with E-state index in [1.807, 2.05) is 25.3 Å². The maximum absolute atomic E-state index is 9.22. The molecule has 2 aromatic rings. The monoisotopic (exact) mass is 340 g/mol. The minimum atomic E-state index is -0.0355. The van der Waals surface area contributed by atoms with E-state index in [2.05, 4.69) is 21.0 Å². The summed E-state index contributed by atoms with van der Waals surface area (Å²) < 4.78 is 13.9. The van der Waals surface area contributed by atoms with Gasteiger partial charge in [0.1, 0.15) is 6.61 Å². The van der Waals surface area contributed by atoms with Gasteiger partial charge in [0, 0.05) is 12.4 Å². The molecule has 20 heavy (non-hydrogen) atoms. The fraction of sp³-hybridized carbons (Fsp3) is 0.357. The molecule has 1 aromatic heterocycles. The Bertz CT molecular complexity index is 544. The quantitative estimate of drug-likeness (QED) is 0.841. The lowest BCUT2D eigenvalue weighted by Crippen LogP contribution is -2.09. The maximum Gasteiger partial charge on any atom is 0.175 e. The van der Waals surface area contributed by atoms with Crippen LogP contribution in [0, 0.1) is 0 Å². The van der Waals surface area contributed by atoms with Crippen LogP contribution >= 0.6 is 15.9 Å². The molecule has 0 radical (unpaired) electrons. The van der Waals surface area contributed by atoms with Crippen LogP contribution in [0.4, 0.5) is 0 Å². The van der Waals surface area contributed by atoms with Crippen molar-refractivity contribution in [2.45, 2.75) is 20.1 Å². The van der Waals surface area contributed by atoms with Crippen molar-refractivity contribution in [2.75, 3.05) is 13.2 Å².